The van der Waals surface area contributed by atoms with Gasteiger partial charge >= 0.3 is 0 Å². The van der Waals surface area contributed by atoms with Crippen molar-refractivity contribution >= 4 is 35.1 Å². The topological polar surface area (TPSA) is 80.0 Å². The summed E-state index contributed by atoms with van der Waals surface area (Å²) in [6.45, 7) is 5.35. The molecule has 3 heterocycles. The van der Waals surface area contributed by atoms with Crippen LogP contribution in [0.5, 0.6) is 0 Å². The van der Waals surface area contributed by atoms with Gasteiger partial charge in [-0.3, -0.25) is 4.79 Å². The molecule has 0 fully saturated rings. The van der Waals surface area contributed by atoms with Crippen LogP contribution in [0.1, 0.15) is 46.9 Å². The van der Waals surface area contributed by atoms with E-state index in [-0.39, 0.29) is 29.8 Å². The first-order chi connectivity index (χ1) is 12.5. The van der Waals surface area contributed by atoms with Crippen LogP contribution in [0.15, 0.2) is 28.9 Å². The van der Waals surface area contributed by atoms with Crippen molar-refractivity contribution in [2.45, 2.75) is 32.7 Å². The maximum Gasteiger partial charge on any atom is 0.257 e. The standard InChI is InChI=1S/C19H19FN4O2.ClH/c1-10(2)17-14-7-12(9-22-19(14)26-24-17)18(25)23-15-4-3-11-8-21-6-5-13(11)16(15)20;/h3-4,7,9-10,21H,5-6,8H2,1-2H3,(H,23,25);1H. The zero-order chi connectivity index (χ0) is 18.3. The molecule has 2 N–H and O–H groups in total. The lowest BCUT2D eigenvalue weighted by Crippen LogP contribution is -2.25. The summed E-state index contributed by atoms with van der Waals surface area (Å²) in [5.74, 6) is -0.634. The molecule has 142 valence electrons. The molecule has 0 atom stereocenters. The molecule has 1 aromatic carbocycles. The maximum atomic E-state index is 14.7. The highest BCUT2D eigenvalue weighted by Crippen LogP contribution is 2.26. The van der Waals surface area contributed by atoms with E-state index in [1.165, 1.54) is 6.20 Å². The number of rotatable bonds is 3. The molecule has 0 saturated heterocycles. The Bertz CT molecular complexity index is 1000. The largest absolute Gasteiger partial charge is 0.336 e. The highest BCUT2D eigenvalue weighted by molar-refractivity contribution is 6.05. The molecular formula is C19H20ClFN4O2. The number of hydrogen-bond donors (Lipinski definition) is 2. The van der Waals surface area contributed by atoms with Gasteiger partial charge in [-0.15, -0.1) is 12.4 Å². The van der Waals surface area contributed by atoms with E-state index < -0.39 is 5.91 Å². The SMILES string of the molecule is CC(C)c1noc2ncc(C(=O)Nc3ccc4c(c3F)CCNC4)cc12.Cl. The summed E-state index contributed by atoms with van der Waals surface area (Å²) < 4.78 is 19.9. The third-order valence-corrected chi connectivity index (χ3v) is 4.62. The molecule has 0 unspecified atom stereocenters. The number of amides is 1. The quantitative estimate of drug-likeness (QED) is 0.711. The number of fused-ring (bicyclic) bond motifs is 2. The molecule has 3 aromatic rings. The van der Waals surface area contributed by atoms with Crippen molar-refractivity contribution in [3.8, 4) is 0 Å². The van der Waals surface area contributed by atoms with Crippen LogP contribution in [0.3, 0.4) is 0 Å². The number of hydrogen-bond acceptors (Lipinski definition) is 5. The zero-order valence-electron chi connectivity index (χ0n) is 15.0. The summed E-state index contributed by atoms with van der Waals surface area (Å²) in [4.78, 5) is 16.7. The molecule has 6 nitrogen and oxygen atoms in total. The molecule has 8 heteroatoms. The summed E-state index contributed by atoms with van der Waals surface area (Å²) in [5.41, 5.74) is 3.25. The van der Waals surface area contributed by atoms with Crippen LogP contribution in [-0.4, -0.2) is 22.6 Å². The minimum atomic E-state index is -0.414. The van der Waals surface area contributed by atoms with Crippen LogP contribution in [0, 0.1) is 5.82 Å². The van der Waals surface area contributed by atoms with Crippen molar-refractivity contribution < 1.29 is 13.7 Å². The highest BCUT2D eigenvalue weighted by Gasteiger charge is 2.19. The molecular weight excluding hydrogens is 371 g/mol. The van der Waals surface area contributed by atoms with Gasteiger partial charge in [-0.1, -0.05) is 25.1 Å². The Hall–Kier alpha value is -2.51. The van der Waals surface area contributed by atoms with Gasteiger partial charge < -0.3 is 15.2 Å². The van der Waals surface area contributed by atoms with Crippen molar-refractivity contribution in [1.29, 1.82) is 0 Å². The van der Waals surface area contributed by atoms with E-state index in [9.17, 15) is 9.18 Å². The van der Waals surface area contributed by atoms with Crippen LogP contribution in [-0.2, 0) is 13.0 Å². The van der Waals surface area contributed by atoms with Gasteiger partial charge in [-0.05, 0) is 42.1 Å². The van der Waals surface area contributed by atoms with Crippen molar-refractivity contribution in [2.75, 3.05) is 11.9 Å². The van der Waals surface area contributed by atoms with E-state index in [2.05, 4.69) is 20.8 Å². The summed E-state index contributed by atoms with van der Waals surface area (Å²) >= 11 is 0. The van der Waals surface area contributed by atoms with Crippen LogP contribution in [0.4, 0.5) is 10.1 Å². The predicted octanol–water partition coefficient (Wildman–Crippen LogP) is 3.81. The number of pyridine rings is 1. The number of carbonyl (C=O) groups excluding carboxylic acids is 1. The first kappa shape index (κ1) is 19.3. The minimum absolute atomic E-state index is 0. The molecule has 4 rings (SSSR count). The van der Waals surface area contributed by atoms with Crippen molar-refractivity contribution in [2.24, 2.45) is 0 Å². The fraction of sp³-hybridized carbons (Fsp3) is 0.316. The molecule has 0 aliphatic carbocycles. The van der Waals surface area contributed by atoms with Crippen LogP contribution < -0.4 is 10.6 Å². The Labute approximate surface area is 161 Å². The molecule has 0 saturated carbocycles. The van der Waals surface area contributed by atoms with E-state index in [0.717, 1.165) is 17.8 Å². The third kappa shape index (κ3) is 3.52. The summed E-state index contributed by atoms with van der Waals surface area (Å²) in [5, 5.41) is 10.6. The van der Waals surface area contributed by atoms with E-state index in [1.807, 2.05) is 19.9 Å². The Morgan fingerprint density at radius 1 is 1.37 bits per heavy atom. The first-order valence-electron chi connectivity index (χ1n) is 8.62. The molecule has 27 heavy (non-hydrogen) atoms. The fourth-order valence-corrected chi connectivity index (χ4v) is 3.22. The summed E-state index contributed by atoms with van der Waals surface area (Å²) in [6, 6.07) is 5.13. The second-order valence-electron chi connectivity index (χ2n) is 6.74. The number of halogens is 2. The number of nitrogens with zero attached hydrogens (tertiary/aromatic N) is 2. The lowest BCUT2D eigenvalue weighted by Gasteiger charge is -2.19. The highest BCUT2D eigenvalue weighted by atomic mass is 35.5. The van der Waals surface area contributed by atoms with E-state index in [1.54, 1.807) is 12.1 Å². The van der Waals surface area contributed by atoms with Gasteiger partial charge in [0, 0.05) is 12.7 Å². The van der Waals surface area contributed by atoms with Gasteiger partial charge in [0.1, 0.15) is 5.82 Å². The van der Waals surface area contributed by atoms with Crippen LogP contribution >= 0.6 is 12.4 Å². The number of benzene rings is 1. The smallest absolute Gasteiger partial charge is 0.257 e. The van der Waals surface area contributed by atoms with Gasteiger partial charge in [0.2, 0.25) is 0 Å². The average molecular weight is 391 g/mol. The second-order valence-corrected chi connectivity index (χ2v) is 6.74. The molecule has 1 amide bonds. The summed E-state index contributed by atoms with van der Waals surface area (Å²) in [7, 11) is 0. The third-order valence-electron chi connectivity index (χ3n) is 4.62. The van der Waals surface area contributed by atoms with E-state index in [4.69, 9.17) is 4.52 Å². The normalized spacial score (nSPS) is 13.3. The second kappa shape index (κ2) is 7.62. The molecule has 1 aliphatic rings. The van der Waals surface area contributed by atoms with Gasteiger partial charge in [0.25, 0.3) is 11.6 Å². The fourth-order valence-electron chi connectivity index (χ4n) is 3.22. The van der Waals surface area contributed by atoms with Gasteiger partial charge in [0.05, 0.1) is 22.3 Å². The first-order valence-corrected chi connectivity index (χ1v) is 8.62. The number of nitrogens with one attached hydrogen (secondary N) is 2. The average Bonchev–Trinajstić information content (AvgIpc) is 3.07. The Balaban J connectivity index is 0.00000210. The van der Waals surface area contributed by atoms with Crippen molar-refractivity contribution in [1.82, 2.24) is 15.5 Å². The minimum Gasteiger partial charge on any atom is -0.336 e. The molecule has 1 aliphatic heterocycles. The van der Waals surface area contributed by atoms with Gasteiger partial charge in [0.15, 0.2) is 0 Å². The van der Waals surface area contributed by atoms with Crippen molar-refractivity contribution in [3.05, 3.63) is 52.6 Å². The molecule has 2 aromatic heterocycles. The van der Waals surface area contributed by atoms with Crippen LogP contribution in [0.25, 0.3) is 11.1 Å². The van der Waals surface area contributed by atoms with E-state index >= 15 is 0 Å². The lowest BCUT2D eigenvalue weighted by atomic mass is 9.99. The Morgan fingerprint density at radius 3 is 2.96 bits per heavy atom. The molecule has 0 bridgehead atoms. The Morgan fingerprint density at radius 2 is 2.19 bits per heavy atom. The van der Waals surface area contributed by atoms with Crippen LogP contribution in [0.2, 0.25) is 0 Å². The summed E-state index contributed by atoms with van der Waals surface area (Å²) in [6.07, 6.45) is 2.02. The molecule has 0 spiro atoms. The molecule has 0 radical (unpaired) electrons. The lowest BCUT2D eigenvalue weighted by molar-refractivity contribution is 0.102. The predicted molar refractivity (Wildman–Crippen MR) is 103 cm³/mol. The monoisotopic (exact) mass is 390 g/mol. The number of anilines is 1. The van der Waals surface area contributed by atoms with E-state index in [0.29, 0.717) is 35.2 Å². The van der Waals surface area contributed by atoms with Crippen molar-refractivity contribution in [3.63, 3.8) is 0 Å². The number of carbonyl (C=O) groups is 1. The number of aromatic nitrogens is 2. The Kier molecular flexibility index (Phi) is 5.43. The van der Waals surface area contributed by atoms with Gasteiger partial charge in [-0.25, -0.2) is 9.37 Å². The zero-order valence-corrected chi connectivity index (χ0v) is 15.8. The van der Waals surface area contributed by atoms with Gasteiger partial charge in [-0.2, -0.15) is 0 Å². The maximum absolute atomic E-state index is 14.7.